The molecule has 6 N–H and O–H groups in total. The van der Waals surface area contributed by atoms with Gasteiger partial charge in [-0.25, -0.2) is 4.79 Å². The highest BCUT2D eigenvalue weighted by Crippen LogP contribution is 1.97. The zero-order valence-electron chi connectivity index (χ0n) is 8.62. The van der Waals surface area contributed by atoms with Crippen molar-refractivity contribution < 1.29 is 14.7 Å². The lowest BCUT2D eigenvalue weighted by Crippen LogP contribution is -2.42. The molecule has 0 saturated heterocycles. The number of nitrogens with two attached hydrogens (primary N) is 1. The second kappa shape index (κ2) is 7.91. The molecule has 0 aliphatic rings. The molecule has 0 aliphatic carbocycles. The summed E-state index contributed by atoms with van der Waals surface area (Å²) >= 11 is 2.93. The van der Waals surface area contributed by atoms with Gasteiger partial charge in [0.15, 0.2) is 5.96 Å². The third-order valence-corrected chi connectivity index (χ3v) is 2.25. The first kappa shape index (κ1) is 14.7. The van der Waals surface area contributed by atoms with Crippen molar-refractivity contribution in [1.82, 2.24) is 10.6 Å². The fourth-order valence-electron chi connectivity index (χ4n) is 1.02. The van der Waals surface area contributed by atoms with Crippen LogP contribution in [0.4, 0.5) is 0 Å². The van der Waals surface area contributed by atoms with Crippen molar-refractivity contribution in [2.75, 3.05) is 11.9 Å². The summed E-state index contributed by atoms with van der Waals surface area (Å²) in [6, 6.07) is -0.904. The molecule has 8 heteroatoms. The number of hydrogen-bond donors (Lipinski definition) is 5. The molecule has 0 heterocycles. The van der Waals surface area contributed by atoms with E-state index < -0.39 is 12.0 Å². The molecule has 92 valence electrons. The number of carboxylic acid groups (broad SMARTS) is 1. The van der Waals surface area contributed by atoms with E-state index in [9.17, 15) is 9.59 Å². The van der Waals surface area contributed by atoms with Crippen LogP contribution in [0.25, 0.3) is 0 Å². The van der Waals surface area contributed by atoms with Gasteiger partial charge in [0, 0.05) is 6.54 Å². The minimum atomic E-state index is -1.07. The Morgan fingerprint density at radius 3 is 2.56 bits per heavy atom. The summed E-state index contributed by atoms with van der Waals surface area (Å²) in [6.45, 7) is 0.406. The smallest absolute Gasteiger partial charge is 0.326 e. The number of aliphatic carboxylic acids is 1. The average Bonchev–Trinajstić information content (AvgIpc) is 2.21. The molecular weight excluding hydrogens is 280 g/mol. The molecule has 0 aromatic rings. The maximum Gasteiger partial charge on any atom is 0.326 e. The number of carbonyl (C=O) groups excluding carboxylic acids is 1. The molecule has 0 bridgehead atoms. The van der Waals surface area contributed by atoms with Crippen molar-refractivity contribution in [2.24, 2.45) is 5.73 Å². The van der Waals surface area contributed by atoms with Crippen LogP contribution >= 0.6 is 15.9 Å². The zero-order chi connectivity index (χ0) is 12.6. The van der Waals surface area contributed by atoms with Gasteiger partial charge in [-0.05, 0) is 12.8 Å². The maximum absolute atomic E-state index is 11.0. The van der Waals surface area contributed by atoms with Gasteiger partial charge in [0.25, 0.3) is 0 Å². The quantitative estimate of drug-likeness (QED) is 0.182. The standard InChI is InChI=1S/C8H15BrN4O3/c9-4-6(14)13-5(7(15)16)2-1-3-12-8(10)11/h5H,1-4H2,(H,13,14)(H,15,16)(H4,10,11,12)/t5-/m1/s1. The Balaban J connectivity index is 3.90. The Hall–Kier alpha value is -1.31. The van der Waals surface area contributed by atoms with E-state index in [4.69, 9.17) is 16.2 Å². The van der Waals surface area contributed by atoms with E-state index in [-0.39, 0.29) is 23.6 Å². The first-order valence-electron chi connectivity index (χ1n) is 4.63. The van der Waals surface area contributed by atoms with E-state index in [0.29, 0.717) is 13.0 Å². The predicted octanol–water partition coefficient (Wildman–Crippen LogP) is -0.786. The Labute approximate surface area is 101 Å². The number of amides is 1. The maximum atomic E-state index is 11.0. The van der Waals surface area contributed by atoms with Crippen molar-refractivity contribution in [3.8, 4) is 0 Å². The fraction of sp³-hybridized carbons (Fsp3) is 0.625. The predicted molar refractivity (Wildman–Crippen MR) is 62.5 cm³/mol. The van der Waals surface area contributed by atoms with Gasteiger partial charge in [-0.2, -0.15) is 0 Å². The van der Waals surface area contributed by atoms with Gasteiger partial charge in [0.2, 0.25) is 5.91 Å². The molecule has 0 aliphatic heterocycles. The first-order valence-corrected chi connectivity index (χ1v) is 5.75. The summed E-state index contributed by atoms with van der Waals surface area (Å²) in [6.07, 6.45) is 0.785. The van der Waals surface area contributed by atoms with Crippen LogP contribution in [-0.2, 0) is 9.59 Å². The summed E-state index contributed by atoms with van der Waals surface area (Å²) in [4.78, 5) is 21.7. The average molecular weight is 295 g/mol. The number of halogens is 1. The summed E-state index contributed by atoms with van der Waals surface area (Å²) in [5.41, 5.74) is 5.05. The summed E-state index contributed by atoms with van der Waals surface area (Å²) in [5, 5.41) is 20.7. The van der Waals surface area contributed by atoms with E-state index >= 15 is 0 Å². The number of rotatable bonds is 7. The lowest BCUT2D eigenvalue weighted by molar-refractivity contribution is -0.141. The summed E-state index contributed by atoms with van der Waals surface area (Å²) < 4.78 is 0. The van der Waals surface area contributed by atoms with Crippen molar-refractivity contribution in [2.45, 2.75) is 18.9 Å². The molecule has 0 aromatic carbocycles. The molecule has 0 unspecified atom stereocenters. The van der Waals surface area contributed by atoms with Crippen LogP contribution in [0.1, 0.15) is 12.8 Å². The zero-order valence-corrected chi connectivity index (χ0v) is 10.2. The fourth-order valence-corrected chi connectivity index (χ4v) is 1.18. The van der Waals surface area contributed by atoms with Crippen LogP contribution in [0.15, 0.2) is 0 Å². The van der Waals surface area contributed by atoms with Crippen molar-refractivity contribution in [1.29, 1.82) is 5.41 Å². The van der Waals surface area contributed by atoms with Gasteiger partial charge in [0.05, 0.1) is 5.33 Å². The van der Waals surface area contributed by atoms with Gasteiger partial charge < -0.3 is 21.5 Å². The van der Waals surface area contributed by atoms with E-state index in [1.165, 1.54) is 0 Å². The van der Waals surface area contributed by atoms with Gasteiger partial charge in [-0.15, -0.1) is 0 Å². The second-order valence-corrected chi connectivity index (χ2v) is 3.64. The number of hydrogen-bond acceptors (Lipinski definition) is 3. The monoisotopic (exact) mass is 294 g/mol. The second-order valence-electron chi connectivity index (χ2n) is 3.07. The Morgan fingerprint density at radius 2 is 2.12 bits per heavy atom. The molecular formula is C8H15BrN4O3. The Bertz CT molecular complexity index is 272. The number of guanidine groups is 1. The van der Waals surface area contributed by atoms with Crippen molar-refractivity contribution in [3.63, 3.8) is 0 Å². The SMILES string of the molecule is N=C(N)NCCC[C@@H](NC(=O)CBr)C(=O)O. The molecule has 0 rings (SSSR count). The molecule has 7 nitrogen and oxygen atoms in total. The van der Waals surface area contributed by atoms with Crippen LogP contribution in [0.3, 0.4) is 0 Å². The van der Waals surface area contributed by atoms with Gasteiger partial charge in [-0.3, -0.25) is 10.2 Å². The summed E-state index contributed by atoms with van der Waals surface area (Å²) in [7, 11) is 0. The number of carbonyl (C=O) groups is 2. The Morgan fingerprint density at radius 1 is 1.50 bits per heavy atom. The van der Waals surface area contributed by atoms with E-state index in [1.807, 2.05) is 0 Å². The van der Waals surface area contributed by atoms with Gasteiger partial charge in [0.1, 0.15) is 6.04 Å². The topological polar surface area (TPSA) is 128 Å². The summed E-state index contributed by atoms with van der Waals surface area (Å²) in [5.74, 6) is -1.60. The molecule has 1 amide bonds. The van der Waals surface area contributed by atoms with Crippen LogP contribution in [0.2, 0.25) is 0 Å². The van der Waals surface area contributed by atoms with Crippen LogP contribution in [0, 0.1) is 5.41 Å². The van der Waals surface area contributed by atoms with Crippen molar-refractivity contribution in [3.05, 3.63) is 0 Å². The number of nitrogens with one attached hydrogen (secondary N) is 3. The van der Waals surface area contributed by atoms with Gasteiger partial charge in [-0.1, -0.05) is 15.9 Å². The lowest BCUT2D eigenvalue weighted by atomic mass is 10.1. The van der Waals surface area contributed by atoms with E-state index in [2.05, 4.69) is 26.6 Å². The van der Waals surface area contributed by atoms with Crippen LogP contribution in [0.5, 0.6) is 0 Å². The molecule has 1 atom stereocenters. The Kier molecular flexibility index (Phi) is 7.27. The van der Waals surface area contributed by atoms with Gasteiger partial charge >= 0.3 is 5.97 Å². The molecule has 0 aromatic heterocycles. The number of carboxylic acids is 1. The third-order valence-electron chi connectivity index (χ3n) is 1.74. The largest absolute Gasteiger partial charge is 0.480 e. The molecule has 0 fully saturated rings. The highest BCUT2D eigenvalue weighted by Gasteiger charge is 2.18. The first-order chi connectivity index (χ1) is 7.47. The minimum Gasteiger partial charge on any atom is -0.480 e. The number of alkyl halides is 1. The molecule has 0 saturated carbocycles. The highest BCUT2D eigenvalue weighted by atomic mass is 79.9. The van der Waals surface area contributed by atoms with Crippen molar-refractivity contribution >= 4 is 33.8 Å². The normalized spacial score (nSPS) is 11.6. The van der Waals surface area contributed by atoms with Crippen LogP contribution < -0.4 is 16.4 Å². The molecule has 16 heavy (non-hydrogen) atoms. The van der Waals surface area contributed by atoms with Crippen LogP contribution in [-0.4, -0.2) is 40.9 Å². The minimum absolute atomic E-state index is 0.0719. The molecule has 0 radical (unpaired) electrons. The highest BCUT2D eigenvalue weighted by molar-refractivity contribution is 9.09. The molecule has 0 spiro atoms. The lowest BCUT2D eigenvalue weighted by Gasteiger charge is -2.13. The van der Waals surface area contributed by atoms with E-state index in [1.54, 1.807) is 0 Å². The third kappa shape index (κ3) is 7.04. The van der Waals surface area contributed by atoms with E-state index in [0.717, 1.165) is 0 Å².